The van der Waals surface area contributed by atoms with E-state index in [-0.39, 0.29) is 0 Å². The lowest BCUT2D eigenvalue weighted by Crippen LogP contribution is -2.10. The summed E-state index contributed by atoms with van der Waals surface area (Å²) in [6.45, 7) is 0. The zero-order valence-electron chi connectivity index (χ0n) is 28.7. The predicted molar refractivity (Wildman–Crippen MR) is 233 cm³/mol. The molecule has 0 saturated heterocycles. The standard InChI is InChI=1S/C50H31NS2/c1-3-15-33(16-4-1)37-22-11-25-42-43-26-12-24-41(49(43)53-48(37)42)39-23-13-27-46-47(39)44-31-45(38-20-9-10-21-40(38)50(44)52-46)51(35-18-5-2-6-19-35)36-29-28-32-14-7-8-17-34(32)30-36/h1-31H. The lowest BCUT2D eigenvalue weighted by molar-refractivity contribution is 1.31. The molecular formula is C50H31NS2. The van der Waals surface area contributed by atoms with Gasteiger partial charge in [-0.05, 0) is 63.9 Å². The zero-order valence-corrected chi connectivity index (χ0v) is 30.3. The number of anilines is 3. The van der Waals surface area contributed by atoms with Crippen LogP contribution in [-0.4, -0.2) is 0 Å². The van der Waals surface area contributed by atoms with Crippen molar-refractivity contribution in [1.82, 2.24) is 0 Å². The monoisotopic (exact) mass is 709 g/mol. The molecule has 11 rings (SSSR count). The second kappa shape index (κ2) is 12.2. The third-order valence-electron chi connectivity index (χ3n) is 10.6. The van der Waals surface area contributed by atoms with Gasteiger partial charge < -0.3 is 4.90 Å². The topological polar surface area (TPSA) is 3.24 Å². The molecule has 0 N–H and O–H groups in total. The summed E-state index contributed by atoms with van der Waals surface area (Å²) in [6, 6.07) is 69.0. The number of rotatable bonds is 5. The summed E-state index contributed by atoms with van der Waals surface area (Å²) >= 11 is 3.83. The van der Waals surface area contributed by atoms with Crippen molar-refractivity contribution in [3.63, 3.8) is 0 Å². The minimum absolute atomic E-state index is 1.14. The molecule has 0 bridgehead atoms. The summed E-state index contributed by atoms with van der Waals surface area (Å²) in [4.78, 5) is 2.44. The fourth-order valence-corrected chi connectivity index (χ4v) is 10.8. The van der Waals surface area contributed by atoms with Crippen LogP contribution in [0.15, 0.2) is 188 Å². The molecule has 9 aromatic carbocycles. The maximum absolute atomic E-state index is 2.46. The van der Waals surface area contributed by atoms with Crippen LogP contribution in [0.3, 0.4) is 0 Å². The van der Waals surface area contributed by atoms with Gasteiger partial charge in [0.05, 0.1) is 5.69 Å². The van der Waals surface area contributed by atoms with E-state index in [0.29, 0.717) is 0 Å². The number of para-hydroxylation sites is 1. The van der Waals surface area contributed by atoms with E-state index in [2.05, 4.69) is 193 Å². The molecule has 0 aliphatic rings. The molecule has 3 heteroatoms. The Morgan fingerprint density at radius 1 is 0.340 bits per heavy atom. The molecule has 2 aromatic heterocycles. The second-order valence-corrected chi connectivity index (χ2v) is 15.7. The third-order valence-corrected chi connectivity index (χ3v) is 13.1. The van der Waals surface area contributed by atoms with Gasteiger partial charge in [-0.2, -0.15) is 0 Å². The lowest BCUT2D eigenvalue weighted by Gasteiger charge is -2.27. The summed E-state index contributed by atoms with van der Waals surface area (Å²) < 4.78 is 5.31. The largest absolute Gasteiger partial charge is 0.310 e. The normalized spacial score (nSPS) is 11.8. The van der Waals surface area contributed by atoms with Crippen LogP contribution in [0.5, 0.6) is 0 Å². The molecule has 0 aliphatic heterocycles. The van der Waals surface area contributed by atoms with Gasteiger partial charge in [-0.3, -0.25) is 0 Å². The highest BCUT2D eigenvalue weighted by Crippen LogP contribution is 2.50. The molecule has 0 spiro atoms. The number of nitrogens with zero attached hydrogens (tertiary/aromatic N) is 1. The maximum Gasteiger partial charge on any atom is 0.0547 e. The Morgan fingerprint density at radius 2 is 0.943 bits per heavy atom. The van der Waals surface area contributed by atoms with Crippen molar-refractivity contribution >= 4 is 102 Å². The highest BCUT2D eigenvalue weighted by Gasteiger charge is 2.22. The van der Waals surface area contributed by atoms with E-state index in [4.69, 9.17) is 0 Å². The van der Waals surface area contributed by atoms with E-state index in [1.54, 1.807) is 0 Å². The van der Waals surface area contributed by atoms with Crippen molar-refractivity contribution in [1.29, 1.82) is 0 Å². The molecule has 0 aliphatic carbocycles. The van der Waals surface area contributed by atoms with Gasteiger partial charge in [-0.15, -0.1) is 22.7 Å². The Balaban J connectivity index is 1.20. The van der Waals surface area contributed by atoms with E-state index in [1.165, 1.54) is 89.8 Å². The van der Waals surface area contributed by atoms with Crippen LogP contribution in [0, 0.1) is 0 Å². The van der Waals surface area contributed by atoms with Gasteiger partial charge in [0.15, 0.2) is 0 Å². The average Bonchev–Trinajstić information content (AvgIpc) is 3.81. The van der Waals surface area contributed by atoms with Crippen molar-refractivity contribution in [2.24, 2.45) is 0 Å². The second-order valence-electron chi connectivity index (χ2n) is 13.6. The Bertz CT molecular complexity index is 3170. The van der Waals surface area contributed by atoms with Crippen LogP contribution >= 0.6 is 22.7 Å². The highest BCUT2D eigenvalue weighted by molar-refractivity contribution is 7.27. The molecule has 1 nitrogen and oxygen atoms in total. The smallest absolute Gasteiger partial charge is 0.0547 e. The predicted octanol–water partition coefficient (Wildman–Crippen LogP) is 15.5. The summed E-state index contributed by atoms with van der Waals surface area (Å²) in [6.07, 6.45) is 0. The van der Waals surface area contributed by atoms with E-state index in [9.17, 15) is 0 Å². The molecule has 53 heavy (non-hydrogen) atoms. The molecular weight excluding hydrogens is 679 g/mol. The molecule has 2 heterocycles. The van der Waals surface area contributed by atoms with Crippen molar-refractivity contribution in [2.75, 3.05) is 4.90 Å². The van der Waals surface area contributed by atoms with Crippen molar-refractivity contribution in [3.05, 3.63) is 188 Å². The van der Waals surface area contributed by atoms with E-state index in [1.807, 2.05) is 22.7 Å². The number of thiophene rings is 2. The number of fused-ring (bicyclic) bond motifs is 9. The minimum atomic E-state index is 1.14. The lowest BCUT2D eigenvalue weighted by atomic mass is 9.95. The van der Waals surface area contributed by atoms with Crippen LogP contribution in [-0.2, 0) is 0 Å². The van der Waals surface area contributed by atoms with E-state index >= 15 is 0 Å². The number of hydrogen-bond acceptors (Lipinski definition) is 3. The molecule has 0 atom stereocenters. The molecule has 0 saturated carbocycles. The maximum atomic E-state index is 2.46. The Morgan fingerprint density at radius 3 is 1.75 bits per heavy atom. The van der Waals surface area contributed by atoms with Gasteiger partial charge >= 0.3 is 0 Å². The fourth-order valence-electron chi connectivity index (χ4n) is 8.24. The van der Waals surface area contributed by atoms with Gasteiger partial charge in [0.2, 0.25) is 0 Å². The zero-order chi connectivity index (χ0) is 34.9. The van der Waals surface area contributed by atoms with E-state index < -0.39 is 0 Å². The van der Waals surface area contributed by atoms with Gasteiger partial charge in [-0.1, -0.05) is 152 Å². The SMILES string of the molecule is c1ccc(-c2cccc3c2sc2c(-c4cccc5sc6c7ccccc7c(N(c7ccccc7)c7ccc8ccccc8c7)cc6c45)cccc23)cc1. The van der Waals surface area contributed by atoms with Crippen LogP contribution in [0.1, 0.15) is 0 Å². The summed E-state index contributed by atoms with van der Waals surface area (Å²) in [5, 5.41) is 10.2. The van der Waals surface area contributed by atoms with Crippen molar-refractivity contribution in [3.8, 4) is 22.3 Å². The van der Waals surface area contributed by atoms with Gasteiger partial charge in [0.25, 0.3) is 0 Å². The summed E-state index contributed by atoms with van der Waals surface area (Å²) in [7, 11) is 0. The first-order chi connectivity index (χ1) is 26.3. The number of hydrogen-bond donors (Lipinski definition) is 0. The van der Waals surface area contributed by atoms with Crippen LogP contribution < -0.4 is 4.90 Å². The van der Waals surface area contributed by atoms with Crippen LogP contribution in [0.25, 0.3) is 84.1 Å². The van der Waals surface area contributed by atoms with Crippen LogP contribution in [0.4, 0.5) is 17.1 Å². The summed E-state index contributed by atoms with van der Waals surface area (Å²) in [5.41, 5.74) is 8.57. The Kier molecular flexibility index (Phi) is 6.97. The van der Waals surface area contributed by atoms with E-state index in [0.717, 1.165) is 11.4 Å². The summed E-state index contributed by atoms with van der Waals surface area (Å²) in [5.74, 6) is 0. The molecule has 0 amide bonds. The van der Waals surface area contributed by atoms with Gasteiger partial charge in [0.1, 0.15) is 0 Å². The molecule has 0 fully saturated rings. The number of benzene rings is 9. The van der Waals surface area contributed by atoms with Gasteiger partial charge in [0, 0.05) is 68.1 Å². The van der Waals surface area contributed by atoms with Crippen molar-refractivity contribution < 1.29 is 0 Å². The minimum Gasteiger partial charge on any atom is -0.310 e. The molecule has 0 unspecified atom stereocenters. The first-order valence-corrected chi connectivity index (χ1v) is 19.6. The molecule has 248 valence electrons. The fraction of sp³-hybridized carbons (Fsp3) is 0. The van der Waals surface area contributed by atoms with Gasteiger partial charge in [-0.25, -0.2) is 0 Å². The first-order valence-electron chi connectivity index (χ1n) is 18.0. The Labute approximate surface area is 315 Å². The average molecular weight is 710 g/mol. The molecule has 0 radical (unpaired) electrons. The first kappa shape index (κ1) is 30.4. The Hall–Kier alpha value is -6.26. The molecule has 11 aromatic rings. The highest BCUT2D eigenvalue weighted by atomic mass is 32.1. The quantitative estimate of drug-likeness (QED) is 0.172. The van der Waals surface area contributed by atoms with Crippen LogP contribution in [0.2, 0.25) is 0 Å². The third kappa shape index (κ3) is 4.82. The van der Waals surface area contributed by atoms with Crippen molar-refractivity contribution in [2.45, 2.75) is 0 Å².